The van der Waals surface area contributed by atoms with E-state index in [2.05, 4.69) is 10.6 Å². The number of hydrogen-bond acceptors (Lipinski definition) is 4. The minimum absolute atomic E-state index is 0.0593. The van der Waals surface area contributed by atoms with Crippen LogP contribution in [0.3, 0.4) is 0 Å². The molecule has 1 aromatic rings. The molecule has 1 aromatic carbocycles. The highest BCUT2D eigenvalue weighted by Crippen LogP contribution is 2.08. The molecule has 0 fully saturated rings. The standard InChI is InChI=1S/C12H19N3O3S/c1-9(2)14-8-12(16)15-7-10-3-5-11(6-4-10)19(13,17)18/h3-6,9,14H,7-8H2,1-2H3,(H,15,16)(H2,13,17,18). The minimum atomic E-state index is -3.67. The summed E-state index contributed by atoms with van der Waals surface area (Å²) in [4.78, 5) is 11.5. The Balaban J connectivity index is 2.48. The van der Waals surface area contributed by atoms with Gasteiger partial charge in [0.2, 0.25) is 15.9 Å². The molecule has 0 aliphatic carbocycles. The first-order valence-electron chi connectivity index (χ1n) is 5.91. The molecule has 0 aliphatic rings. The van der Waals surface area contributed by atoms with Gasteiger partial charge in [-0.1, -0.05) is 26.0 Å². The van der Waals surface area contributed by atoms with E-state index < -0.39 is 10.0 Å². The third-order valence-electron chi connectivity index (χ3n) is 2.41. The maximum Gasteiger partial charge on any atom is 0.238 e. The summed E-state index contributed by atoms with van der Waals surface area (Å²) >= 11 is 0. The van der Waals surface area contributed by atoms with E-state index in [4.69, 9.17) is 5.14 Å². The highest BCUT2D eigenvalue weighted by Gasteiger charge is 2.07. The Kier molecular flexibility index (Phi) is 5.46. The SMILES string of the molecule is CC(C)NCC(=O)NCc1ccc(S(N)(=O)=O)cc1. The van der Waals surface area contributed by atoms with Crippen molar-refractivity contribution in [3.8, 4) is 0 Å². The third kappa shape index (κ3) is 5.82. The second-order valence-corrected chi connectivity index (χ2v) is 6.06. The molecule has 0 atom stereocenters. The summed E-state index contributed by atoms with van der Waals surface area (Å²) in [6.45, 7) is 4.52. The van der Waals surface area contributed by atoms with Crippen molar-refractivity contribution in [1.82, 2.24) is 10.6 Å². The van der Waals surface area contributed by atoms with Crippen LogP contribution in [-0.4, -0.2) is 26.9 Å². The number of nitrogens with one attached hydrogen (secondary N) is 2. The first-order chi connectivity index (χ1) is 8.79. The Morgan fingerprint density at radius 1 is 1.26 bits per heavy atom. The number of benzene rings is 1. The normalized spacial score (nSPS) is 11.6. The zero-order chi connectivity index (χ0) is 14.5. The molecule has 1 amide bonds. The van der Waals surface area contributed by atoms with Crippen LogP contribution in [0.5, 0.6) is 0 Å². The monoisotopic (exact) mass is 285 g/mol. The van der Waals surface area contributed by atoms with Gasteiger partial charge >= 0.3 is 0 Å². The van der Waals surface area contributed by atoms with Gasteiger partial charge in [0.15, 0.2) is 0 Å². The zero-order valence-electron chi connectivity index (χ0n) is 11.0. The number of sulfonamides is 1. The highest BCUT2D eigenvalue weighted by molar-refractivity contribution is 7.89. The number of primary sulfonamides is 1. The molecule has 0 radical (unpaired) electrons. The van der Waals surface area contributed by atoms with Crippen molar-refractivity contribution in [3.05, 3.63) is 29.8 Å². The number of carbonyl (C=O) groups excluding carboxylic acids is 1. The van der Waals surface area contributed by atoms with Gasteiger partial charge in [-0.05, 0) is 17.7 Å². The molecule has 0 spiro atoms. The van der Waals surface area contributed by atoms with Crippen LogP contribution in [0.25, 0.3) is 0 Å². The maximum atomic E-state index is 11.5. The van der Waals surface area contributed by atoms with Crippen molar-refractivity contribution >= 4 is 15.9 Å². The first-order valence-corrected chi connectivity index (χ1v) is 7.45. The predicted octanol–water partition coefficient (Wildman–Crippen LogP) is -0.0518. The maximum absolute atomic E-state index is 11.5. The van der Waals surface area contributed by atoms with E-state index in [1.807, 2.05) is 13.8 Å². The van der Waals surface area contributed by atoms with Crippen molar-refractivity contribution in [2.45, 2.75) is 31.3 Å². The fourth-order valence-corrected chi connectivity index (χ4v) is 1.87. The molecule has 6 nitrogen and oxygen atoms in total. The molecule has 4 N–H and O–H groups in total. The molecule has 0 aromatic heterocycles. The highest BCUT2D eigenvalue weighted by atomic mass is 32.2. The molecule has 0 heterocycles. The van der Waals surface area contributed by atoms with E-state index in [0.717, 1.165) is 5.56 Å². The van der Waals surface area contributed by atoms with Gasteiger partial charge in [-0.2, -0.15) is 0 Å². The van der Waals surface area contributed by atoms with Crippen LogP contribution in [0, 0.1) is 0 Å². The van der Waals surface area contributed by atoms with Gasteiger partial charge in [0.1, 0.15) is 0 Å². The van der Waals surface area contributed by atoms with E-state index in [-0.39, 0.29) is 23.4 Å². The average Bonchev–Trinajstić information content (AvgIpc) is 2.33. The summed E-state index contributed by atoms with van der Waals surface area (Å²) in [7, 11) is -3.67. The van der Waals surface area contributed by atoms with E-state index in [1.165, 1.54) is 12.1 Å². The van der Waals surface area contributed by atoms with Crippen LogP contribution in [0.4, 0.5) is 0 Å². The van der Waals surface area contributed by atoms with Crippen molar-refractivity contribution in [2.75, 3.05) is 6.54 Å². The lowest BCUT2D eigenvalue weighted by Gasteiger charge is -2.09. The summed E-state index contributed by atoms with van der Waals surface area (Å²) in [6, 6.07) is 6.33. The molecule has 0 aliphatic heterocycles. The molecule has 0 unspecified atom stereocenters. The van der Waals surface area contributed by atoms with Crippen molar-refractivity contribution in [1.29, 1.82) is 0 Å². The Hall–Kier alpha value is -1.44. The van der Waals surface area contributed by atoms with Gasteiger partial charge in [-0.3, -0.25) is 4.79 Å². The summed E-state index contributed by atoms with van der Waals surface area (Å²) in [5.41, 5.74) is 0.810. The molecular formula is C12H19N3O3S. The van der Waals surface area contributed by atoms with Crippen LogP contribution in [0.2, 0.25) is 0 Å². The van der Waals surface area contributed by atoms with Gasteiger partial charge in [0.25, 0.3) is 0 Å². The molecule has 106 valence electrons. The summed E-state index contributed by atoms with van der Waals surface area (Å²) < 4.78 is 22.1. The average molecular weight is 285 g/mol. The van der Waals surface area contributed by atoms with E-state index in [0.29, 0.717) is 6.54 Å². The number of hydrogen-bond donors (Lipinski definition) is 3. The minimum Gasteiger partial charge on any atom is -0.351 e. The summed E-state index contributed by atoms with van der Waals surface area (Å²) in [5.74, 6) is -0.107. The number of amides is 1. The van der Waals surface area contributed by atoms with Crippen molar-refractivity contribution in [2.24, 2.45) is 5.14 Å². The van der Waals surface area contributed by atoms with Gasteiger partial charge in [0, 0.05) is 12.6 Å². The van der Waals surface area contributed by atoms with E-state index in [1.54, 1.807) is 12.1 Å². The van der Waals surface area contributed by atoms with Crippen LogP contribution in [0.1, 0.15) is 19.4 Å². The van der Waals surface area contributed by atoms with Gasteiger partial charge in [-0.15, -0.1) is 0 Å². The Morgan fingerprint density at radius 2 is 1.84 bits per heavy atom. The predicted molar refractivity (Wildman–Crippen MR) is 72.8 cm³/mol. The molecule has 19 heavy (non-hydrogen) atoms. The number of nitrogens with two attached hydrogens (primary N) is 1. The molecule has 1 rings (SSSR count). The Labute approximate surface area is 113 Å². The van der Waals surface area contributed by atoms with Crippen LogP contribution in [-0.2, 0) is 21.4 Å². The topological polar surface area (TPSA) is 101 Å². The fourth-order valence-electron chi connectivity index (χ4n) is 1.36. The fraction of sp³-hybridized carbons (Fsp3) is 0.417. The van der Waals surface area contributed by atoms with E-state index in [9.17, 15) is 13.2 Å². The third-order valence-corrected chi connectivity index (χ3v) is 3.34. The summed E-state index contributed by atoms with van der Waals surface area (Å²) in [6.07, 6.45) is 0. The van der Waals surface area contributed by atoms with Gasteiger partial charge < -0.3 is 10.6 Å². The summed E-state index contributed by atoms with van der Waals surface area (Å²) in [5, 5.41) is 10.7. The molecule has 0 saturated heterocycles. The molecular weight excluding hydrogens is 266 g/mol. The second-order valence-electron chi connectivity index (χ2n) is 4.50. The number of rotatable bonds is 6. The lowest BCUT2D eigenvalue weighted by Crippen LogP contribution is -2.36. The second kappa shape index (κ2) is 6.65. The van der Waals surface area contributed by atoms with Crippen molar-refractivity contribution in [3.63, 3.8) is 0 Å². The lowest BCUT2D eigenvalue weighted by atomic mass is 10.2. The zero-order valence-corrected chi connectivity index (χ0v) is 11.8. The molecule has 0 saturated carbocycles. The first kappa shape index (κ1) is 15.6. The van der Waals surface area contributed by atoms with Crippen LogP contribution in [0.15, 0.2) is 29.2 Å². The Bertz CT molecular complexity index is 524. The smallest absolute Gasteiger partial charge is 0.238 e. The van der Waals surface area contributed by atoms with Crippen molar-refractivity contribution < 1.29 is 13.2 Å². The lowest BCUT2D eigenvalue weighted by molar-refractivity contribution is -0.120. The largest absolute Gasteiger partial charge is 0.351 e. The quantitative estimate of drug-likeness (QED) is 0.682. The van der Waals surface area contributed by atoms with Crippen LogP contribution >= 0.6 is 0 Å². The van der Waals surface area contributed by atoms with Gasteiger partial charge in [0.05, 0.1) is 11.4 Å². The van der Waals surface area contributed by atoms with E-state index >= 15 is 0 Å². The number of carbonyl (C=O) groups is 1. The molecule has 7 heteroatoms. The van der Waals surface area contributed by atoms with Gasteiger partial charge in [-0.25, -0.2) is 13.6 Å². The van der Waals surface area contributed by atoms with Crippen LogP contribution < -0.4 is 15.8 Å². The Morgan fingerprint density at radius 3 is 2.32 bits per heavy atom. The molecule has 0 bridgehead atoms.